The maximum atomic E-state index is 13.5. The van der Waals surface area contributed by atoms with Crippen molar-refractivity contribution in [2.24, 2.45) is 0 Å². The fourth-order valence-electron chi connectivity index (χ4n) is 3.68. The van der Waals surface area contributed by atoms with Gasteiger partial charge >= 0.3 is 0 Å². The number of hydrogen-bond donors (Lipinski definition) is 2. The number of nitrogens with zero attached hydrogens (tertiary/aromatic N) is 3. The number of thioether (sulfide) groups is 1. The molecule has 2 heterocycles. The maximum absolute atomic E-state index is 13.5. The average molecular weight is 446 g/mol. The second-order valence-corrected chi connectivity index (χ2v) is 8.91. The predicted molar refractivity (Wildman–Crippen MR) is 132 cm³/mol. The molecule has 0 saturated carbocycles. The van der Waals surface area contributed by atoms with E-state index in [1.807, 2.05) is 81.5 Å². The third kappa shape index (κ3) is 4.48. The molecule has 1 aliphatic heterocycles. The monoisotopic (exact) mass is 445 g/mol. The zero-order valence-electron chi connectivity index (χ0n) is 18.7. The van der Waals surface area contributed by atoms with Crippen molar-refractivity contribution < 1.29 is 4.79 Å². The number of anilines is 2. The molecule has 0 saturated heterocycles. The highest BCUT2D eigenvalue weighted by Gasteiger charge is 2.31. The van der Waals surface area contributed by atoms with Crippen molar-refractivity contribution in [2.75, 3.05) is 16.4 Å². The van der Waals surface area contributed by atoms with Gasteiger partial charge in [-0.25, -0.2) is 4.68 Å². The molecule has 0 bridgehead atoms. The minimum Gasteiger partial charge on any atom is -0.328 e. The van der Waals surface area contributed by atoms with Gasteiger partial charge in [0.1, 0.15) is 6.04 Å². The minimum absolute atomic E-state index is 0.155. The van der Waals surface area contributed by atoms with Crippen molar-refractivity contribution in [1.29, 1.82) is 0 Å². The summed E-state index contributed by atoms with van der Waals surface area (Å²) in [5.41, 5.74) is 5.44. The van der Waals surface area contributed by atoms with E-state index in [1.165, 1.54) is 0 Å². The molecule has 1 aliphatic rings. The smallest absolute Gasteiger partial charge is 0.255 e. The van der Waals surface area contributed by atoms with Crippen LogP contribution in [-0.4, -0.2) is 26.4 Å². The van der Waals surface area contributed by atoms with Crippen LogP contribution in [0.3, 0.4) is 0 Å². The molecule has 1 atom stereocenters. The number of nitrogens with one attached hydrogen (secondary N) is 2. The Morgan fingerprint density at radius 3 is 2.69 bits per heavy atom. The van der Waals surface area contributed by atoms with Gasteiger partial charge in [-0.05, 0) is 49.3 Å². The molecule has 164 valence electrons. The van der Waals surface area contributed by atoms with Crippen LogP contribution < -0.4 is 10.6 Å². The second kappa shape index (κ2) is 9.44. The first-order chi connectivity index (χ1) is 15.5. The summed E-state index contributed by atoms with van der Waals surface area (Å²) in [5, 5.41) is 11.7. The minimum atomic E-state index is -0.379. The van der Waals surface area contributed by atoms with Gasteiger partial charge in [-0.15, -0.1) is 5.10 Å². The van der Waals surface area contributed by atoms with E-state index in [1.54, 1.807) is 16.4 Å². The number of allylic oxidation sites excluding steroid dienone is 2. The first-order valence-electron chi connectivity index (χ1n) is 10.7. The van der Waals surface area contributed by atoms with Gasteiger partial charge in [-0.1, -0.05) is 73.3 Å². The molecule has 6 nitrogen and oxygen atoms in total. The topological polar surface area (TPSA) is 71.8 Å². The lowest BCUT2D eigenvalue weighted by molar-refractivity contribution is -0.113. The van der Waals surface area contributed by atoms with E-state index in [0.29, 0.717) is 16.7 Å². The molecule has 2 N–H and O–H groups in total. The van der Waals surface area contributed by atoms with Crippen LogP contribution in [0.2, 0.25) is 0 Å². The molecule has 0 fully saturated rings. The van der Waals surface area contributed by atoms with E-state index in [2.05, 4.69) is 27.6 Å². The summed E-state index contributed by atoms with van der Waals surface area (Å²) in [6, 6.07) is 15.6. The van der Waals surface area contributed by atoms with Crippen molar-refractivity contribution in [3.63, 3.8) is 0 Å². The highest BCUT2D eigenvalue weighted by molar-refractivity contribution is 7.99. The molecule has 7 heteroatoms. The van der Waals surface area contributed by atoms with Gasteiger partial charge in [0.05, 0.1) is 5.57 Å². The standard InChI is InChI=1S/C25H27N5OS/c1-5-32-25-28-24-26-18(4)22(23(31)27-20-13-9-10-16(2)17(20)3)21(30(24)29-25)15-14-19-11-7-6-8-12-19/h6-15,21H,5H2,1-4H3,(H,27,31)(H,26,28,29)/b15-14+. The van der Waals surface area contributed by atoms with Crippen LogP contribution in [0.1, 0.15) is 36.6 Å². The fourth-order valence-corrected chi connectivity index (χ4v) is 4.23. The highest BCUT2D eigenvalue weighted by atomic mass is 32.2. The molecule has 1 amide bonds. The zero-order chi connectivity index (χ0) is 22.7. The second-order valence-electron chi connectivity index (χ2n) is 7.68. The Morgan fingerprint density at radius 2 is 1.94 bits per heavy atom. The fraction of sp³-hybridized carbons (Fsp3) is 0.240. The van der Waals surface area contributed by atoms with Gasteiger partial charge in [-0.2, -0.15) is 4.98 Å². The van der Waals surface area contributed by atoms with Gasteiger partial charge in [-0.3, -0.25) is 4.79 Å². The maximum Gasteiger partial charge on any atom is 0.255 e. The number of aryl methyl sites for hydroxylation is 1. The summed E-state index contributed by atoms with van der Waals surface area (Å²) in [6.45, 7) is 8.03. The summed E-state index contributed by atoms with van der Waals surface area (Å²) in [6.07, 6.45) is 4.03. The lowest BCUT2D eigenvalue weighted by atomic mass is 10.00. The van der Waals surface area contributed by atoms with Crippen molar-refractivity contribution in [2.45, 2.75) is 38.9 Å². The van der Waals surface area contributed by atoms with Crippen molar-refractivity contribution in [1.82, 2.24) is 14.8 Å². The molecule has 4 rings (SSSR count). The Morgan fingerprint density at radius 1 is 1.16 bits per heavy atom. The number of carbonyl (C=O) groups is 1. The molecule has 1 unspecified atom stereocenters. The number of benzene rings is 2. The lowest BCUT2D eigenvalue weighted by Gasteiger charge is -2.26. The van der Waals surface area contributed by atoms with Gasteiger partial charge < -0.3 is 10.6 Å². The van der Waals surface area contributed by atoms with Gasteiger partial charge in [0.25, 0.3) is 5.91 Å². The highest BCUT2D eigenvalue weighted by Crippen LogP contribution is 2.34. The summed E-state index contributed by atoms with van der Waals surface area (Å²) in [7, 11) is 0. The van der Waals surface area contributed by atoms with Crippen LogP contribution in [0.25, 0.3) is 6.08 Å². The number of hydrogen-bond acceptors (Lipinski definition) is 5. The Kier molecular flexibility index (Phi) is 6.46. The summed E-state index contributed by atoms with van der Waals surface area (Å²) in [5.74, 6) is 1.36. The molecule has 0 aliphatic carbocycles. The molecule has 0 radical (unpaired) electrons. The number of amides is 1. The van der Waals surface area contributed by atoms with E-state index in [4.69, 9.17) is 0 Å². The number of aromatic nitrogens is 3. The number of carbonyl (C=O) groups excluding carboxylic acids is 1. The van der Waals surface area contributed by atoms with E-state index >= 15 is 0 Å². The Balaban J connectivity index is 1.72. The van der Waals surface area contributed by atoms with E-state index in [9.17, 15) is 4.79 Å². The summed E-state index contributed by atoms with van der Waals surface area (Å²) < 4.78 is 1.79. The van der Waals surface area contributed by atoms with Crippen LogP contribution in [-0.2, 0) is 4.79 Å². The molecule has 0 spiro atoms. The van der Waals surface area contributed by atoms with Crippen molar-refractivity contribution in [3.05, 3.63) is 82.6 Å². The third-order valence-corrected chi connectivity index (χ3v) is 6.24. The van der Waals surface area contributed by atoms with Crippen molar-refractivity contribution in [3.8, 4) is 0 Å². The quantitative estimate of drug-likeness (QED) is 0.483. The molecule has 32 heavy (non-hydrogen) atoms. The molecular weight excluding hydrogens is 418 g/mol. The Labute approximate surface area is 192 Å². The van der Waals surface area contributed by atoms with Crippen LogP contribution >= 0.6 is 11.8 Å². The Hall–Kier alpha value is -3.32. The summed E-state index contributed by atoms with van der Waals surface area (Å²) in [4.78, 5) is 18.1. The predicted octanol–water partition coefficient (Wildman–Crippen LogP) is 5.60. The molecule has 2 aromatic carbocycles. The number of rotatable bonds is 6. The van der Waals surface area contributed by atoms with Crippen LogP contribution in [0.4, 0.5) is 11.6 Å². The van der Waals surface area contributed by atoms with E-state index in [0.717, 1.165) is 33.8 Å². The first-order valence-corrected chi connectivity index (χ1v) is 11.6. The Bertz CT molecular complexity index is 1200. The molecule has 1 aromatic heterocycles. The zero-order valence-corrected chi connectivity index (χ0v) is 19.5. The van der Waals surface area contributed by atoms with E-state index < -0.39 is 0 Å². The molecular formula is C25H27N5OS. The summed E-state index contributed by atoms with van der Waals surface area (Å²) >= 11 is 1.58. The lowest BCUT2D eigenvalue weighted by Crippen LogP contribution is -2.30. The molecule has 3 aromatic rings. The average Bonchev–Trinajstić information content (AvgIpc) is 3.18. The van der Waals surface area contributed by atoms with Crippen LogP contribution in [0, 0.1) is 13.8 Å². The van der Waals surface area contributed by atoms with Crippen molar-refractivity contribution >= 4 is 35.4 Å². The van der Waals surface area contributed by atoms with Gasteiger partial charge in [0.15, 0.2) is 0 Å². The number of fused-ring (bicyclic) bond motifs is 1. The largest absolute Gasteiger partial charge is 0.328 e. The van der Waals surface area contributed by atoms with Gasteiger partial charge in [0, 0.05) is 11.4 Å². The first kappa shape index (κ1) is 21.9. The van der Waals surface area contributed by atoms with Gasteiger partial charge in [0.2, 0.25) is 11.1 Å². The van der Waals surface area contributed by atoms with E-state index in [-0.39, 0.29) is 11.9 Å². The third-order valence-electron chi connectivity index (χ3n) is 5.52. The van der Waals surface area contributed by atoms with Crippen LogP contribution in [0.15, 0.2) is 71.0 Å². The van der Waals surface area contributed by atoms with Crippen LogP contribution in [0.5, 0.6) is 0 Å². The normalized spacial score (nSPS) is 15.6. The SMILES string of the molecule is CCSc1nc2n(n1)C(/C=C/c1ccccc1)C(C(=O)Nc1cccc(C)c1C)=C(C)N2.